The van der Waals surface area contributed by atoms with Crippen molar-refractivity contribution >= 4 is 23.9 Å². The molecular weight excluding hydrogens is 289 g/mol. The molecule has 0 spiro atoms. The third kappa shape index (κ3) is 31.5. The number of rotatable bonds is 4. The molecule has 0 aliphatic heterocycles. The standard InChI is InChI=1S/2C4H4O4.Zn/c2*5-3(6)1-2-4(7)8;/h2*1-2H,(H,5,6)(H,7,8);/q;;+2/p-2. The molecule has 0 rings (SSSR count). The fourth-order valence-corrected chi connectivity index (χ4v) is 0.279. The van der Waals surface area contributed by atoms with Crippen LogP contribution in [0.15, 0.2) is 24.3 Å². The van der Waals surface area contributed by atoms with Gasteiger partial charge in [0.1, 0.15) is 0 Å². The van der Waals surface area contributed by atoms with Gasteiger partial charge in [0.15, 0.2) is 0 Å². The first-order valence-corrected chi connectivity index (χ1v) is 3.49. The van der Waals surface area contributed by atoms with E-state index in [9.17, 15) is 29.4 Å². The predicted octanol–water partition coefficient (Wildman–Crippen LogP) is -3.25. The largest absolute Gasteiger partial charge is 2.00 e. The van der Waals surface area contributed by atoms with Gasteiger partial charge in [0.05, 0.1) is 11.9 Å². The van der Waals surface area contributed by atoms with E-state index in [4.69, 9.17) is 10.2 Å². The second-order valence-corrected chi connectivity index (χ2v) is 1.98. The summed E-state index contributed by atoms with van der Waals surface area (Å²) >= 11 is 0. The number of carboxylic acids is 4. The molecule has 9 heteroatoms. The number of aliphatic carboxylic acids is 4. The molecule has 0 atom stereocenters. The molecule has 0 unspecified atom stereocenters. The molecule has 2 N–H and O–H groups in total. The average molecular weight is 296 g/mol. The molecule has 17 heavy (non-hydrogen) atoms. The Morgan fingerprint density at radius 3 is 1.00 bits per heavy atom. The van der Waals surface area contributed by atoms with Crippen molar-refractivity contribution in [3.05, 3.63) is 24.3 Å². The van der Waals surface area contributed by atoms with E-state index >= 15 is 0 Å². The van der Waals surface area contributed by atoms with Crippen LogP contribution in [0.4, 0.5) is 0 Å². The van der Waals surface area contributed by atoms with Crippen molar-refractivity contribution in [1.82, 2.24) is 0 Å². The van der Waals surface area contributed by atoms with E-state index < -0.39 is 23.9 Å². The van der Waals surface area contributed by atoms with Crippen LogP contribution in [-0.4, -0.2) is 34.1 Å². The molecule has 0 aromatic heterocycles. The predicted molar refractivity (Wildman–Crippen MR) is 43.6 cm³/mol. The van der Waals surface area contributed by atoms with Gasteiger partial charge < -0.3 is 30.0 Å². The zero-order valence-electron chi connectivity index (χ0n) is 8.36. The molecule has 0 aliphatic carbocycles. The molecule has 0 fully saturated rings. The topological polar surface area (TPSA) is 155 Å². The van der Waals surface area contributed by atoms with Crippen molar-refractivity contribution < 1.29 is 59.1 Å². The van der Waals surface area contributed by atoms with Crippen molar-refractivity contribution in [1.29, 1.82) is 0 Å². The van der Waals surface area contributed by atoms with Crippen molar-refractivity contribution in [2.24, 2.45) is 0 Å². The van der Waals surface area contributed by atoms with Crippen LogP contribution in [0.1, 0.15) is 0 Å². The van der Waals surface area contributed by atoms with Crippen LogP contribution in [0, 0.1) is 0 Å². The van der Waals surface area contributed by atoms with Crippen LogP contribution in [0.3, 0.4) is 0 Å². The number of carbonyl (C=O) groups excluding carboxylic acids is 2. The summed E-state index contributed by atoms with van der Waals surface area (Å²) in [4.78, 5) is 37.9. The van der Waals surface area contributed by atoms with Gasteiger partial charge in [-0.15, -0.1) is 0 Å². The summed E-state index contributed by atoms with van der Waals surface area (Å²) in [6.07, 6.45) is 1.88. The first-order chi connectivity index (χ1) is 7.25. The summed E-state index contributed by atoms with van der Waals surface area (Å²) in [5.41, 5.74) is 0. The van der Waals surface area contributed by atoms with Crippen molar-refractivity contribution in [2.45, 2.75) is 0 Å². The second kappa shape index (κ2) is 12.1. The minimum absolute atomic E-state index is 0. The Balaban J connectivity index is -0.000000218. The number of carbonyl (C=O) groups is 4. The zero-order valence-corrected chi connectivity index (χ0v) is 11.3. The maximum atomic E-state index is 9.53. The molecule has 0 saturated carbocycles. The van der Waals surface area contributed by atoms with E-state index in [-0.39, 0.29) is 19.5 Å². The maximum absolute atomic E-state index is 9.53. The van der Waals surface area contributed by atoms with Crippen LogP contribution < -0.4 is 10.2 Å². The monoisotopic (exact) mass is 294 g/mol. The van der Waals surface area contributed by atoms with E-state index in [1.54, 1.807) is 0 Å². The Morgan fingerprint density at radius 2 is 0.941 bits per heavy atom. The van der Waals surface area contributed by atoms with Crippen LogP contribution in [-0.2, 0) is 38.7 Å². The first-order valence-electron chi connectivity index (χ1n) is 3.49. The molecule has 88 valence electrons. The SMILES string of the molecule is O=C([O-])C=CC(=O)O.O=C([O-])C=CC(=O)O.[Zn+2]. The Hall–Kier alpha value is -2.02. The molecule has 8 nitrogen and oxygen atoms in total. The van der Waals surface area contributed by atoms with Gasteiger partial charge in [-0.25, -0.2) is 9.59 Å². The first kappa shape index (κ1) is 20.4. The number of carboxylic acid groups (broad SMARTS) is 4. The molecule has 0 heterocycles. The fourth-order valence-electron chi connectivity index (χ4n) is 0.279. The molecule has 0 aromatic rings. The zero-order chi connectivity index (χ0) is 13.1. The smallest absolute Gasteiger partial charge is 0.545 e. The van der Waals surface area contributed by atoms with Crippen molar-refractivity contribution in [3.8, 4) is 0 Å². The second-order valence-electron chi connectivity index (χ2n) is 1.98. The Labute approximate surface area is 108 Å². The molecule has 0 radical (unpaired) electrons. The van der Waals surface area contributed by atoms with Crippen LogP contribution in [0.2, 0.25) is 0 Å². The molecular formula is C8H6O8Zn. The van der Waals surface area contributed by atoms with E-state index in [0.29, 0.717) is 24.3 Å². The van der Waals surface area contributed by atoms with Gasteiger partial charge in [0.2, 0.25) is 0 Å². The third-order valence-electron chi connectivity index (χ3n) is 0.724. The molecule has 0 aromatic carbocycles. The minimum Gasteiger partial charge on any atom is -0.545 e. The quantitative estimate of drug-likeness (QED) is 0.405. The van der Waals surface area contributed by atoms with E-state index in [1.807, 2.05) is 0 Å². The van der Waals surface area contributed by atoms with Crippen LogP contribution in [0.5, 0.6) is 0 Å². The Morgan fingerprint density at radius 1 is 0.706 bits per heavy atom. The average Bonchev–Trinajstić information content (AvgIpc) is 2.12. The molecule has 0 amide bonds. The molecule has 0 bridgehead atoms. The van der Waals surface area contributed by atoms with Gasteiger partial charge in [0.25, 0.3) is 0 Å². The van der Waals surface area contributed by atoms with Gasteiger partial charge in [-0.05, 0) is 12.2 Å². The summed E-state index contributed by atoms with van der Waals surface area (Å²) in [6.45, 7) is 0. The van der Waals surface area contributed by atoms with E-state index in [1.165, 1.54) is 0 Å². The summed E-state index contributed by atoms with van der Waals surface area (Å²) in [5.74, 6) is -5.61. The molecule has 0 aliphatic rings. The Bertz CT molecular complexity index is 277. The summed E-state index contributed by atoms with van der Waals surface area (Å²) in [5, 5.41) is 34.5. The van der Waals surface area contributed by atoms with Gasteiger partial charge >= 0.3 is 31.4 Å². The Kier molecular flexibility index (Phi) is 14.5. The summed E-state index contributed by atoms with van der Waals surface area (Å²) in [7, 11) is 0. The number of hydrogen-bond acceptors (Lipinski definition) is 6. The van der Waals surface area contributed by atoms with Gasteiger partial charge in [-0.2, -0.15) is 0 Å². The van der Waals surface area contributed by atoms with Gasteiger partial charge in [-0.1, -0.05) is 0 Å². The fraction of sp³-hybridized carbons (Fsp3) is 0. The molecule has 0 saturated heterocycles. The van der Waals surface area contributed by atoms with Gasteiger partial charge in [0, 0.05) is 12.2 Å². The van der Waals surface area contributed by atoms with E-state index in [2.05, 4.69) is 0 Å². The van der Waals surface area contributed by atoms with Gasteiger partial charge in [-0.3, -0.25) is 0 Å². The normalized spacial score (nSPS) is 8.94. The number of hydrogen-bond donors (Lipinski definition) is 2. The van der Waals surface area contributed by atoms with Crippen LogP contribution >= 0.6 is 0 Å². The van der Waals surface area contributed by atoms with Crippen molar-refractivity contribution in [2.75, 3.05) is 0 Å². The van der Waals surface area contributed by atoms with E-state index in [0.717, 1.165) is 0 Å². The summed E-state index contributed by atoms with van der Waals surface area (Å²) < 4.78 is 0. The minimum atomic E-state index is -1.51. The van der Waals surface area contributed by atoms with Crippen molar-refractivity contribution in [3.63, 3.8) is 0 Å². The third-order valence-corrected chi connectivity index (χ3v) is 0.724. The maximum Gasteiger partial charge on any atom is 2.00 e. The van der Waals surface area contributed by atoms with Crippen LogP contribution in [0.25, 0.3) is 0 Å². The summed E-state index contributed by atoms with van der Waals surface area (Å²) in [6, 6.07) is 0.